The van der Waals surface area contributed by atoms with Crippen molar-refractivity contribution in [2.24, 2.45) is 0 Å². The third-order valence-corrected chi connectivity index (χ3v) is 4.15. The number of esters is 1. The van der Waals surface area contributed by atoms with Crippen molar-refractivity contribution in [3.05, 3.63) is 63.7 Å². The summed E-state index contributed by atoms with van der Waals surface area (Å²) >= 11 is 0. The molecule has 1 unspecified atom stereocenters. The summed E-state index contributed by atoms with van der Waals surface area (Å²) in [6.45, 7) is 4.90. The zero-order valence-corrected chi connectivity index (χ0v) is 18.5. The molecule has 0 heterocycles. The zero-order chi connectivity index (χ0) is 24.8. The van der Waals surface area contributed by atoms with Crippen LogP contribution in [0.4, 0.5) is 10.5 Å². The number of amides is 1. The molecule has 0 radical (unpaired) electrons. The lowest BCUT2D eigenvalue weighted by atomic mass is 10.0. The van der Waals surface area contributed by atoms with E-state index < -0.39 is 40.3 Å². The molecular weight excluding hydrogens is 436 g/mol. The van der Waals surface area contributed by atoms with Gasteiger partial charge in [-0.25, -0.2) is 14.4 Å². The number of carboxylic acid groups (broad SMARTS) is 1. The Kier molecular flexibility index (Phi) is 7.95. The van der Waals surface area contributed by atoms with E-state index >= 15 is 0 Å². The van der Waals surface area contributed by atoms with Gasteiger partial charge in [-0.1, -0.05) is 6.07 Å². The van der Waals surface area contributed by atoms with Gasteiger partial charge in [0, 0.05) is 12.5 Å². The molecule has 0 fully saturated rings. The number of nitrogens with one attached hydrogen (secondary N) is 1. The van der Waals surface area contributed by atoms with Crippen LogP contribution in [0, 0.1) is 10.1 Å². The number of carboxylic acids is 1. The molecule has 2 aromatic carbocycles. The molecule has 1 atom stereocenters. The van der Waals surface area contributed by atoms with Crippen LogP contribution >= 0.6 is 0 Å². The monoisotopic (exact) mass is 460 g/mol. The first-order valence-electron chi connectivity index (χ1n) is 9.75. The molecule has 2 rings (SSSR count). The number of carbonyl (C=O) groups excluding carboxylic acids is 2. The second-order valence-electron chi connectivity index (χ2n) is 7.92. The standard InChI is InChI=1S/C22H24N2O9/c1-22(2,3)33-21(28)23-16(19(25)26)11-13-5-10-18(17(12-13)24(29)30)32-15-8-6-14(7-9-15)20(27)31-4/h5-10,12,16H,11H2,1-4H3,(H,23,28)(H,25,26). The highest BCUT2D eigenvalue weighted by Gasteiger charge is 2.26. The molecule has 0 aliphatic carbocycles. The SMILES string of the molecule is COC(=O)c1ccc(Oc2ccc(CC(NC(=O)OC(C)(C)C)C(=O)O)cc2[N+](=O)[O-])cc1. The number of rotatable bonds is 8. The summed E-state index contributed by atoms with van der Waals surface area (Å²) in [5.41, 5.74) is -0.642. The van der Waals surface area contributed by atoms with Crippen LogP contribution < -0.4 is 10.1 Å². The van der Waals surface area contributed by atoms with Crippen LogP contribution in [-0.2, 0) is 20.7 Å². The van der Waals surface area contributed by atoms with Crippen molar-refractivity contribution in [2.75, 3.05) is 7.11 Å². The molecule has 0 bridgehead atoms. The second-order valence-corrected chi connectivity index (χ2v) is 7.92. The van der Waals surface area contributed by atoms with Crippen LogP contribution in [0.5, 0.6) is 11.5 Å². The van der Waals surface area contributed by atoms with Gasteiger partial charge in [0.15, 0.2) is 0 Å². The maximum Gasteiger partial charge on any atom is 0.408 e. The average molecular weight is 460 g/mol. The highest BCUT2D eigenvalue weighted by molar-refractivity contribution is 5.89. The van der Waals surface area contributed by atoms with Gasteiger partial charge < -0.3 is 24.6 Å². The molecular formula is C22H24N2O9. The first kappa shape index (κ1) is 25.1. The van der Waals surface area contributed by atoms with Gasteiger partial charge in [0.05, 0.1) is 17.6 Å². The fourth-order valence-electron chi connectivity index (χ4n) is 2.71. The topological polar surface area (TPSA) is 154 Å². The Balaban J connectivity index is 2.21. The maximum atomic E-state index is 11.9. The van der Waals surface area contributed by atoms with E-state index in [1.807, 2.05) is 0 Å². The van der Waals surface area contributed by atoms with E-state index in [4.69, 9.17) is 9.47 Å². The number of benzene rings is 2. The molecule has 0 aliphatic heterocycles. The molecule has 11 nitrogen and oxygen atoms in total. The quantitative estimate of drug-likeness (QED) is 0.341. The molecule has 2 N–H and O–H groups in total. The number of hydrogen-bond acceptors (Lipinski definition) is 8. The summed E-state index contributed by atoms with van der Waals surface area (Å²) in [7, 11) is 1.25. The highest BCUT2D eigenvalue weighted by atomic mass is 16.6. The molecule has 0 aliphatic rings. The van der Waals surface area contributed by atoms with Crippen LogP contribution in [0.15, 0.2) is 42.5 Å². The molecule has 0 spiro atoms. The van der Waals surface area contributed by atoms with E-state index in [0.29, 0.717) is 5.56 Å². The van der Waals surface area contributed by atoms with Gasteiger partial charge in [-0.05, 0) is 56.7 Å². The van der Waals surface area contributed by atoms with Crippen LogP contribution in [-0.4, -0.2) is 46.8 Å². The summed E-state index contributed by atoms with van der Waals surface area (Å²) in [5.74, 6) is -1.70. The number of methoxy groups -OCH3 is 1. The van der Waals surface area contributed by atoms with E-state index in [0.717, 1.165) is 0 Å². The van der Waals surface area contributed by atoms with Gasteiger partial charge in [-0.15, -0.1) is 0 Å². The summed E-state index contributed by atoms with van der Waals surface area (Å²) in [6.07, 6.45) is -1.14. The largest absolute Gasteiger partial charge is 0.480 e. The summed E-state index contributed by atoms with van der Waals surface area (Å²) in [4.78, 5) is 45.9. The van der Waals surface area contributed by atoms with Crippen molar-refractivity contribution in [1.29, 1.82) is 0 Å². The number of hydrogen-bond donors (Lipinski definition) is 2. The maximum absolute atomic E-state index is 11.9. The van der Waals surface area contributed by atoms with Gasteiger partial charge >= 0.3 is 23.7 Å². The van der Waals surface area contributed by atoms with Crippen LogP contribution in [0.2, 0.25) is 0 Å². The Hall–Kier alpha value is -4.15. The zero-order valence-electron chi connectivity index (χ0n) is 18.5. The second kappa shape index (κ2) is 10.4. The molecule has 33 heavy (non-hydrogen) atoms. The Morgan fingerprint density at radius 3 is 2.27 bits per heavy atom. The lowest BCUT2D eigenvalue weighted by Gasteiger charge is -2.22. The average Bonchev–Trinajstić information content (AvgIpc) is 2.72. The fourth-order valence-corrected chi connectivity index (χ4v) is 2.71. The summed E-state index contributed by atoms with van der Waals surface area (Å²) < 4.78 is 15.2. The van der Waals surface area contributed by atoms with Crippen LogP contribution in [0.1, 0.15) is 36.7 Å². The van der Waals surface area contributed by atoms with E-state index in [1.165, 1.54) is 49.6 Å². The van der Waals surface area contributed by atoms with Crippen molar-refractivity contribution in [1.82, 2.24) is 5.32 Å². The molecule has 0 aromatic heterocycles. The van der Waals surface area contributed by atoms with Gasteiger partial charge in [-0.2, -0.15) is 0 Å². The van der Waals surface area contributed by atoms with Gasteiger partial charge in [0.25, 0.3) is 0 Å². The normalized spacial score (nSPS) is 11.8. The predicted molar refractivity (Wildman–Crippen MR) is 115 cm³/mol. The third kappa shape index (κ3) is 7.49. The first-order valence-corrected chi connectivity index (χ1v) is 9.75. The van der Waals surface area contributed by atoms with Crippen LogP contribution in [0.3, 0.4) is 0 Å². The number of alkyl carbamates (subject to hydrolysis) is 1. The Morgan fingerprint density at radius 2 is 1.76 bits per heavy atom. The number of nitrogens with zero attached hydrogens (tertiary/aromatic N) is 1. The molecule has 11 heteroatoms. The van der Waals surface area contributed by atoms with Crippen molar-refractivity contribution in [3.63, 3.8) is 0 Å². The minimum Gasteiger partial charge on any atom is -0.480 e. The first-order chi connectivity index (χ1) is 15.4. The molecule has 176 valence electrons. The predicted octanol–water partition coefficient (Wildman–Crippen LogP) is 3.69. The summed E-state index contributed by atoms with van der Waals surface area (Å²) in [6, 6.07) is 8.39. The van der Waals surface area contributed by atoms with Gasteiger partial charge in [0.2, 0.25) is 5.75 Å². The van der Waals surface area contributed by atoms with Gasteiger partial charge in [0.1, 0.15) is 17.4 Å². The Bertz CT molecular complexity index is 1040. The smallest absolute Gasteiger partial charge is 0.408 e. The van der Waals surface area contributed by atoms with Crippen LogP contribution in [0.25, 0.3) is 0 Å². The van der Waals surface area contributed by atoms with Crippen molar-refractivity contribution in [3.8, 4) is 11.5 Å². The Morgan fingerprint density at radius 1 is 1.12 bits per heavy atom. The summed E-state index contributed by atoms with van der Waals surface area (Å²) in [5, 5.41) is 23.2. The van der Waals surface area contributed by atoms with E-state index in [9.17, 15) is 29.6 Å². The van der Waals surface area contributed by atoms with E-state index in [1.54, 1.807) is 20.8 Å². The number of carbonyl (C=O) groups is 3. The Labute approximate surface area is 189 Å². The minimum absolute atomic E-state index is 0.0819. The lowest BCUT2D eigenvalue weighted by Crippen LogP contribution is -2.44. The van der Waals surface area contributed by atoms with Crippen molar-refractivity contribution < 1.29 is 38.6 Å². The molecule has 0 saturated carbocycles. The molecule has 0 saturated heterocycles. The fraction of sp³-hybridized carbons (Fsp3) is 0.318. The number of aliphatic carboxylic acids is 1. The van der Waals surface area contributed by atoms with Crippen molar-refractivity contribution in [2.45, 2.75) is 38.8 Å². The minimum atomic E-state index is -1.36. The third-order valence-electron chi connectivity index (χ3n) is 4.15. The van der Waals surface area contributed by atoms with E-state index in [2.05, 4.69) is 10.1 Å². The van der Waals surface area contributed by atoms with E-state index in [-0.39, 0.29) is 23.5 Å². The molecule has 1 amide bonds. The highest BCUT2D eigenvalue weighted by Crippen LogP contribution is 2.32. The van der Waals surface area contributed by atoms with Gasteiger partial charge in [-0.3, -0.25) is 10.1 Å². The number of ether oxygens (including phenoxy) is 3. The number of nitro benzene ring substituents is 1. The lowest BCUT2D eigenvalue weighted by molar-refractivity contribution is -0.385. The number of nitro groups is 1. The molecule has 2 aromatic rings. The van der Waals surface area contributed by atoms with Crippen molar-refractivity contribution >= 4 is 23.7 Å².